The third-order valence-electron chi connectivity index (χ3n) is 5.19. The van der Waals surface area contributed by atoms with Gasteiger partial charge >= 0.3 is 0 Å². The van der Waals surface area contributed by atoms with Crippen molar-refractivity contribution in [3.05, 3.63) is 18.3 Å². The lowest BCUT2D eigenvalue weighted by molar-refractivity contribution is -0.135. The molecule has 7 heteroatoms. The minimum atomic E-state index is -0.152. The van der Waals surface area contributed by atoms with Gasteiger partial charge in [0.25, 0.3) is 0 Å². The molecule has 2 saturated heterocycles. The van der Waals surface area contributed by atoms with E-state index >= 15 is 0 Å². The van der Waals surface area contributed by atoms with Crippen molar-refractivity contribution in [2.75, 3.05) is 37.6 Å². The lowest BCUT2D eigenvalue weighted by Crippen LogP contribution is -2.40. The summed E-state index contributed by atoms with van der Waals surface area (Å²) >= 11 is 0. The molecule has 0 spiro atoms. The first-order valence-corrected chi connectivity index (χ1v) is 8.83. The van der Waals surface area contributed by atoms with Gasteiger partial charge < -0.3 is 14.7 Å². The molecule has 1 aliphatic carbocycles. The van der Waals surface area contributed by atoms with Crippen LogP contribution < -0.4 is 4.90 Å². The van der Waals surface area contributed by atoms with Gasteiger partial charge in [-0.2, -0.15) is 5.10 Å². The molecule has 1 saturated carbocycles. The van der Waals surface area contributed by atoms with Crippen LogP contribution in [0.15, 0.2) is 18.3 Å². The predicted molar refractivity (Wildman–Crippen MR) is 88.3 cm³/mol. The number of carbonyl (C=O) groups is 2. The van der Waals surface area contributed by atoms with Gasteiger partial charge in [-0.05, 0) is 31.4 Å². The minimum absolute atomic E-state index is 0.146. The topological polar surface area (TPSA) is 69.6 Å². The lowest BCUT2D eigenvalue weighted by Gasteiger charge is -2.24. The Hall–Kier alpha value is -2.18. The van der Waals surface area contributed by atoms with Gasteiger partial charge in [0.1, 0.15) is 0 Å². The van der Waals surface area contributed by atoms with Crippen LogP contribution in [0.25, 0.3) is 0 Å². The van der Waals surface area contributed by atoms with Crippen molar-refractivity contribution < 1.29 is 9.59 Å². The van der Waals surface area contributed by atoms with Crippen molar-refractivity contribution in [1.82, 2.24) is 20.0 Å². The van der Waals surface area contributed by atoms with E-state index < -0.39 is 0 Å². The van der Waals surface area contributed by atoms with Gasteiger partial charge in [0.2, 0.25) is 11.8 Å². The first-order chi connectivity index (χ1) is 11.7. The molecule has 7 nitrogen and oxygen atoms in total. The standard InChI is InChI=1S/C17H23N5O2/c23-16-11-13(12-22(16)14-4-5-14)17(24)21-8-2-7-20(9-10-21)15-3-1-6-18-19-15/h1,3,6,13-14H,2,4-5,7-12H2. The molecule has 4 rings (SSSR count). The smallest absolute Gasteiger partial charge is 0.228 e. The Morgan fingerprint density at radius 3 is 2.79 bits per heavy atom. The highest BCUT2D eigenvalue weighted by Crippen LogP contribution is 2.33. The molecule has 2 amide bonds. The number of aromatic nitrogens is 2. The number of hydrogen-bond acceptors (Lipinski definition) is 5. The van der Waals surface area contributed by atoms with Crippen LogP contribution in [0.4, 0.5) is 5.82 Å². The van der Waals surface area contributed by atoms with Crippen LogP contribution in [-0.4, -0.2) is 70.6 Å². The molecule has 0 aromatic carbocycles. The number of anilines is 1. The van der Waals surface area contributed by atoms with Gasteiger partial charge in [-0.3, -0.25) is 9.59 Å². The lowest BCUT2D eigenvalue weighted by atomic mass is 10.1. The Morgan fingerprint density at radius 2 is 2.04 bits per heavy atom. The highest BCUT2D eigenvalue weighted by atomic mass is 16.2. The number of nitrogens with zero attached hydrogens (tertiary/aromatic N) is 5. The summed E-state index contributed by atoms with van der Waals surface area (Å²) in [6, 6.07) is 4.24. The largest absolute Gasteiger partial charge is 0.353 e. The van der Waals surface area contributed by atoms with Crippen LogP contribution in [0.3, 0.4) is 0 Å². The van der Waals surface area contributed by atoms with Gasteiger partial charge in [0, 0.05) is 51.4 Å². The van der Waals surface area contributed by atoms with Gasteiger partial charge in [0.15, 0.2) is 5.82 Å². The zero-order chi connectivity index (χ0) is 16.5. The summed E-state index contributed by atoms with van der Waals surface area (Å²) in [6.45, 7) is 3.69. The van der Waals surface area contributed by atoms with Crippen LogP contribution in [0.5, 0.6) is 0 Å². The van der Waals surface area contributed by atoms with E-state index in [1.54, 1.807) is 6.20 Å². The zero-order valence-electron chi connectivity index (χ0n) is 13.8. The molecular formula is C17H23N5O2. The average molecular weight is 329 g/mol. The second-order valence-corrected chi connectivity index (χ2v) is 6.93. The number of amides is 2. The Kier molecular flexibility index (Phi) is 4.08. The molecule has 1 aromatic rings. The van der Waals surface area contributed by atoms with Crippen LogP contribution in [-0.2, 0) is 9.59 Å². The molecule has 3 aliphatic rings. The molecule has 0 bridgehead atoms. The Bertz CT molecular complexity index is 619. The monoisotopic (exact) mass is 329 g/mol. The first-order valence-electron chi connectivity index (χ1n) is 8.83. The van der Waals surface area contributed by atoms with Crippen molar-refractivity contribution in [3.8, 4) is 0 Å². The fourth-order valence-corrected chi connectivity index (χ4v) is 3.72. The molecule has 1 aromatic heterocycles. The molecule has 1 atom stereocenters. The van der Waals surface area contributed by atoms with E-state index in [1.165, 1.54) is 0 Å². The van der Waals surface area contributed by atoms with E-state index in [9.17, 15) is 9.59 Å². The third kappa shape index (κ3) is 3.07. The van der Waals surface area contributed by atoms with E-state index in [0.29, 0.717) is 25.6 Å². The second kappa shape index (κ2) is 6.37. The van der Waals surface area contributed by atoms with Crippen molar-refractivity contribution in [2.24, 2.45) is 5.92 Å². The maximum atomic E-state index is 12.8. The van der Waals surface area contributed by atoms with Crippen molar-refractivity contribution in [1.29, 1.82) is 0 Å². The third-order valence-corrected chi connectivity index (χ3v) is 5.19. The Morgan fingerprint density at radius 1 is 1.17 bits per heavy atom. The molecular weight excluding hydrogens is 306 g/mol. The first kappa shape index (κ1) is 15.4. The van der Waals surface area contributed by atoms with Gasteiger partial charge in [-0.1, -0.05) is 0 Å². The second-order valence-electron chi connectivity index (χ2n) is 6.93. The zero-order valence-corrected chi connectivity index (χ0v) is 13.8. The molecule has 0 radical (unpaired) electrons. The number of carbonyl (C=O) groups excluding carboxylic acids is 2. The molecule has 24 heavy (non-hydrogen) atoms. The number of hydrogen-bond donors (Lipinski definition) is 0. The molecule has 3 heterocycles. The van der Waals surface area contributed by atoms with Gasteiger partial charge in [0.05, 0.1) is 5.92 Å². The van der Waals surface area contributed by atoms with Crippen molar-refractivity contribution in [2.45, 2.75) is 31.7 Å². The average Bonchev–Trinajstić information content (AvgIpc) is 3.41. The molecule has 3 fully saturated rings. The summed E-state index contributed by atoms with van der Waals surface area (Å²) in [5, 5.41) is 8.09. The normalized spacial score (nSPS) is 25.1. The Balaban J connectivity index is 1.37. The quantitative estimate of drug-likeness (QED) is 0.809. The summed E-state index contributed by atoms with van der Waals surface area (Å²) in [5.74, 6) is 1.02. The summed E-state index contributed by atoms with van der Waals surface area (Å²) in [7, 11) is 0. The van der Waals surface area contributed by atoms with E-state index in [1.807, 2.05) is 21.9 Å². The maximum absolute atomic E-state index is 12.8. The number of rotatable bonds is 3. The summed E-state index contributed by atoms with van der Waals surface area (Å²) in [5.41, 5.74) is 0. The van der Waals surface area contributed by atoms with Crippen LogP contribution >= 0.6 is 0 Å². The van der Waals surface area contributed by atoms with Crippen LogP contribution in [0.2, 0.25) is 0 Å². The highest BCUT2D eigenvalue weighted by molar-refractivity contribution is 5.89. The summed E-state index contributed by atoms with van der Waals surface area (Å²) in [6.07, 6.45) is 5.17. The summed E-state index contributed by atoms with van der Waals surface area (Å²) in [4.78, 5) is 31.0. The molecule has 2 aliphatic heterocycles. The van der Waals surface area contributed by atoms with E-state index in [4.69, 9.17) is 0 Å². The van der Waals surface area contributed by atoms with E-state index in [-0.39, 0.29) is 17.7 Å². The SMILES string of the molecule is O=C(C1CC(=O)N(C2CC2)C1)N1CCCN(c2cccnn2)CC1. The summed E-state index contributed by atoms with van der Waals surface area (Å²) < 4.78 is 0. The van der Waals surface area contributed by atoms with Gasteiger partial charge in [-0.25, -0.2) is 0 Å². The molecule has 128 valence electrons. The fraction of sp³-hybridized carbons (Fsp3) is 0.647. The maximum Gasteiger partial charge on any atom is 0.228 e. The Labute approximate surface area is 141 Å². The predicted octanol–water partition coefficient (Wildman–Crippen LogP) is 0.526. The molecule has 0 N–H and O–H groups in total. The van der Waals surface area contributed by atoms with Crippen molar-refractivity contribution in [3.63, 3.8) is 0 Å². The van der Waals surface area contributed by atoms with Gasteiger partial charge in [-0.15, -0.1) is 5.10 Å². The van der Waals surface area contributed by atoms with Crippen LogP contribution in [0, 0.1) is 5.92 Å². The minimum Gasteiger partial charge on any atom is -0.353 e. The highest BCUT2D eigenvalue weighted by Gasteiger charge is 2.42. The fourth-order valence-electron chi connectivity index (χ4n) is 3.72. The van der Waals surface area contributed by atoms with Crippen LogP contribution in [0.1, 0.15) is 25.7 Å². The number of likely N-dealkylation sites (tertiary alicyclic amines) is 1. The molecule has 1 unspecified atom stereocenters. The van der Waals surface area contributed by atoms with Crippen molar-refractivity contribution >= 4 is 17.6 Å². The van der Waals surface area contributed by atoms with E-state index in [0.717, 1.165) is 44.7 Å². The van der Waals surface area contributed by atoms with E-state index in [2.05, 4.69) is 15.1 Å².